The molecule has 5 aromatic rings. The molecule has 22 nitrogen and oxygen atoms in total. The van der Waals surface area contributed by atoms with Crippen LogP contribution in [0, 0.1) is 15.5 Å². The van der Waals surface area contributed by atoms with Gasteiger partial charge in [-0.15, -0.1) is 0 Å². The van der Waals surface area contributed by atoms with E-state index in [0.29, 0.717) is 48.6 Å². The maximum atomic E-state index is 16.6. The number of nitrogens with zero attached hydrogens (tertiary/aromatic N) is 5. The van der Waals surface area contributed by atoms with Gasteiger partial charge in [-0.3, -0.25) is 24.3 Å². The molecule has 7 aliphatic rings. The number of pyridine rings is 1. The van der Waals surface area contributed by atoms with Crippen LogP contribution in [0.1, 0.15) is 107 Å². The van der Waals surface area contributed by atoms with Gasteiger partial charge in [0.25, 0.3) is 21.6 Å². The summed E-state index contributed by atoms with van der Waals surface area (Å²) in [4.78, 5) is 59.9. The van der Waals surface area contributed by atoms with Gasteiger partial charge in [0.15, 0.2) is 11.4 Å². The third-order valence-corrected chi connectivity index (χ3v) is 19.7. The van der Waals surface area contributed by atoms with E-state index in [9.17, 15) is 37.7 Å². The first-order valence-corrected chi connectivity index (χ1v) is 30.9. The normalized spacial score (nSPS) is 27.0. The number of nitro benzene ring substituents is 1. The number of H-pyrrole nitrogens is 1. The van der Waals surface area contributed by atoms with E-state index >= 15 is 4.39 Å². The number of anilines is 4. The first kappa shape index (κ1) is 55.4. The van der Waals surface area contributed by atoms with Gasteiger partial charge in [0.1, 0.15) is 35.5 Å². The molecular weight excluding hydrogens is 1090 g/mol. The summed E-state index contributed by atoms with van der Waals surface area (Å²) in [5.74, 6) is -0.0376. The Morgan fingerprint density at radius 3 is 2.48 bits per heavy atom. The van der Waals surface area contributed by atoms with Crippen LogP contribution in [0.3, 0.4) is 0 Å². The number of carbonyl (C=O) groups excluding carboxylic acids is 1. The minimum Gasteiger partial charge on any atom is -0.491 e. The summed E-state index contributed by atoms with van der Waals surface area (Å²) in [6.45, 7) is 9.63. The average molecular weight is 1160 g/mol. The number of piperidine rings is 1. The maximum absolute atomic E-state index is 16.6. The molecule has 2 saturated carbocycles. The van der Waals surface area contributed by atoms with E-state index in [1.165, 1.54) is 6.92 Å². The predicted molar refractivity (Wildman–Crippen MR) is 297 cm³/mol. The van der Waals surface area contributed by atoms with Crippen molar-refractivity contribution in [1.29, 1.82) is 0 Å². The van der Waals surface area contributed by atoms with Gasteiger partial charge in [-0.25, -0.2) is 22.1 Å². The number of halogens is 1. The molecule has 2 aliphatic carbocycles. The number of amides is 1. The average Bonchev–Trinajstić information content (AvgIpc) is 3.99. The Labute approximate surface area is 468 Å². The molecule has 5 fully saturated rings. The molecule has 3 saturated heterocycles. The van der Waals surface area contributed by atoms with Crippen molar-refractivity contribution in [3.63, 3.8) is 0 Å². The number of phosphoric acid groups is 1. The topological polar surface area (TPSA) is 270 Å². The molecule has 3 aromatic carbocycles. The minimum absolute atomic E-state index is 0.0116. The Morgan fingerprint density at radius 2 is 1.73 bits per heavy atom. The Morgan fingerprint density at radius 1 is 0.963 bits per heavy atom. The first-order chi connectivity index (χ1) is 38.7. The molecule has 5 aliphatic heterocycles. The highest BCUT2D eigenvalue weighted by Gasteiger charge is 2.52. The number of hydrogen-bond acceptors (Lipinski definition) is 17. The summed E-state index contributed by atoms with van der Waals surface area (Å²) in [5, 5.41) is 16.3. The lowest BCUT2D eigenvalue weighted by Crippen LogP contribution is -2.56. The van der Waals surface area contributed by atoms with Gasteiger partial charge in [0.2, 0.25) is 5.88 Å². The predicted octanol–water partition coefficient (Wildman–Crippen LogP) is 8.60. The van der Waals surface area contributed by atoms with Crippen molar-refractivity contribution in [2.75, 3.05) is 67.8 Å². The van der Waals surface area contributed by atoms with Crippen LogP contribution >= 0.6 is 7.82 Å². The van der Waals surface area contributed by atoms with E-state index in [4.69, 9.17) is 33.2 Å². The summed E-state index contributed by atoms with van der Waals surface area (Å²) in [5.41, 5.74) is -0.581. The van der Waals surface area contributed by atoms with Gasteiger partial charge < -0.3 is 53.6 Å². The molecular formula is C56H68FN8O14PS. The molecule has 12 rings (SSSR count). The van der Waals surface area contributed by atoms with Gasteiger partial charge >= 0.3 is 7.82 Å². The summed E-state index contributed by atoms with van der Waals surface area (Å²) >= 11 is 0. The second-order valence-corrected chi connectivity index (χ2v) is 26.3. The Bertz CT molecular complexity index is 3390. The van der Waals surface area contributed by atoms with Crippen molar-refractivity contribution >= 4 is 63.2 Å². The van der Waals surface area contributed by atoms with Crippen LogP contribution < -0.4 is 34.0 Å². The molecule has 1 spiro atoms. The summed E-state index contributed by atoms with van der Waals surface area (Å²) in [6.07, 6.45) is 6.27. The van der Waals surface area contributed by atoms with Crippen molar-refractivity contribution in [3.8, 4) is 17.4 Å². The number of para-hydroxylation sites is 1. The number of fused-ring (bicyclic) bond motifs is 4. The van der Waals surface area contributed by atoms with Crippen molar-refractivity contribution in [3.05, 3.63) is 94.2 Å². The second kappa shape index (κ2) is 21.3. The molecule has 0 unspecified atom stereocenters. The van der Waals surface area contributed by atoms with E-state index in [-0.39, 0.29) is 79.5 Å². The number of carbonyl (C=O) groups is 1. The molecule has 5 N–H and O–H groups in total. The van der Waals surface area contributed by atoms with Crippen LogP contribution in [0.25, 0.3) is 11.0 Å². The zero-order valence-corrected chi connectivity index (χ0v) is 47.1. The fourth-order valence-corrected chi connectivity index (χ4v) is 15.2. The number of hydrogen-bond donors (Lipinski definition) is 5. The van der Waals surface area contributed by atoms with Crippen LogP contribution in [-0.4, -0.2) is 138 Å². The van der Waals surface area contributed by atoms with Gasteiger partial charge in [-0.05, 0) is 127 Å². The third kappa shape index (κ3) is 10.9. The molecule has 0 radical (unpaired) electrons. The highest BCUT2D eigenvalue weighted by molar-refractivity contribution is 7.90. The number of alkyl halides is 1. The standard InChI is InChI=1S/C56H68FN8O14PS/c1-34(2)77-46-8-5-4-7-39(46)45-31-74-23-6-20-63(45)37-29-55(30-37)17-21-62(22-18-55)36-9-10-40(42(26-36)64-41-12-24-75-32-48(41)78-53-44(64)25-35-11-19-58-51(35)60-53)52(66)61-81(72,73)38-27-43(65(67)68)50-47(28-38)76-33-49(59-50)56(57)15-13-54(3,14-16-56)79-80(69,70)71/h4-5,7-11,19,25-28,34,37,41,45,48-49,59H,6,12-18,20-24,29-33H2,1-3H3,(H,58,60)(H,61,66)(H2,69,70,71)/t41-,45-,48-,49-,54?,56?/m0/s1. The molecule has 434 valence electrons. The van der Waals surface area contributed by atoms with Crippen molar-refractivity contribution < 1.29 is 65.1 Å². The Hall–Kier alpha value is -6.11. The number of phosphoric ester groups is 1. The minimum atomic E-state index is -4.88. The lowest BCUT2D eigenvalue weighted by Gasteiger charge is -2.56. The highest BCUT2D eigenvalue weighted by atomic mass is 32.2. The van der Waals surface area contributed by atoms with Gasteiger partial charge in [-0.1, -0.05) is 18.2 Å². The summed E-state index contributed by atoms with van der Waals surface area (Å²) < 4.78 is 95.2. The molecule has 4 atom stereocenters. The highest BCUT2D eigenvalue weighted by Crippen LogP contribution is 2.55. The van der Waals surface area contributed by atoms with E-state index < -0.39 is 62.7 Å². The van der Waals surface area contributed by atoms with Crippen LogP contribution in [0.15, 0.2) is 77.8 Å². The summed E-state index contributed by atoms with van der Waals surface area (Å²) in [7, 11) is -9.75. The first-order valence-electron chi connectivity index (χ1n) is 27.9. The number of nitrogens with one attached hydrogen (secondary N) is 3. The van der Waals surface area contributed by atoms with E-state index in [1.54, 1.807) is 12.3 Å². The van der Waals surface area contributed by atoms with Crippen LogP contribution in [-0.2, 0) is 28.6 Å². The Balaban J connectivity index is 0.816. The van der Waals surface area contributed by atoms with Crippen molar-refractivity contribution in [2.45, 2.75) is 138 Å². The fraction of sp³-hybridized carbons (Fsp3) is 0.536. The third-order valence-electron chi connectivity index (χ3n) is 17.7. The smallest absolute Gasteiger partial charge is 0.470 e. The van der Waals surface area contributed by atoms with Crippen LogP contribution in [0.5, 0.6) is 17.4 Å². The van der Waals surface area contributed by atoms with Crippen LogP contribution in [0.4, 0.5) is 32.8 Å². The van der Waals surface area contributed by atoms with Gasteiger partial charge in [0, 0.05) is 73.9 Å². The Kier molecular flexibility index (Phi) is 14.5. The summed E-state index contributed by atoms with van der Waals surface area (Å²) in [6, 6.07) is 18.3. The second-order valence-electron chi connectivity index (χ2n) is 23.4. The number of nitro groups is 1. The van der Waals surface area contributed by atoms with E-state index in [1.807, 2.05) is 49.1 Å². The monoisotopic (exact) mass is 1160 g/mol. The fourth-order valence-electron chi connectivity index (χ4n) is 13.5. The van der Waals surface area contributed by atoms with Crippen molar-refractivity contribution in [1.82, 2.24) is 19.6 Å². The molecule has 25 heteroatoms. The zero-order chi connectivity index (χ0) is 56.6. The SMILES string of the molecule is CC(C)Oc1ccccc1[C@@H]1COCCCN1C1CC2(CCN(c3ccc(C(=O)NS(=O)(=O)c4cc5c(c([N+](=O)[O-])c4)N[C@H](C4(F)CCC(C)(OP(=O)(O)O)CC4)CO5)c(N4c5cc6cc[nH]c6nc5O[C@H]5COCC[C@@H]54)c3)CC2)C1. The lowest BCUT2D eigenvalue weighted by atomic mass is 9.59. The number of aromatic amines is 1. The molecule has 7 heterocycles. The zero-order valence-electron chi connectivity index (χ0n) is 45.4. The maximum Gasteiger partial charge on any atom is 0.470 e. The van der Waals surface area contributed by atoms with E-state index in [0.717, 1.165) is 92.9 Å². The quantitative estimate of drug-likeness (QED) is 0.0419. The number of rotatable bonds is 13. The molecule has 0 bridgehead atoms. The molecule has 81 heavy (non-hydrogen) atoms. The largest absolute Gasteiger partial charge is 0.491 e. The number of sulfonamides is 1. The van der Waals surface area contributed by atoms with E-state index in [2.05, 4.69) is 43.0 Å². The molecule has 2 aromatic heterocycles. The number of benzene rings is 3. The lowest BCUT2D eigenvalue weighted by molar-refractivity contribution is -0.384. The van der Waals surface area contributed by atoms with Crippen LogP contribution in [0.2, 0.25) is 0 Å². The number of ether oxygens (including phenoxy) is 5. The van der Waals surface area contributed by atoms with Gasteiger partial charge in [0.05, 0.1) is 64.1 Å². The van der Waals surface area contributed by atoms with Gasteiger partial charge in [-0.2, -0.15) is 4.98 Å². The number of aromatic nitrogens is 2. The molecule has 1 amide bonds. The van der Waals surface area contributed by atoms with Crippen molar-refractivity contribution in [2.24, 2.45) is 5.41 Å².